The Bertz CT molecular complexity index is 1090. The highest BCUT2D eigenvalue weighted by Crippen LogP contribution is 2.40. The van der Waals surface area contributed by atoms with Gasteiger partial charge >= 0.3 is 0 Å². The quantitative estimate of drug-likeness (QED) is 0.336. The second kappa shape index (κ2) is 8.73. The number of ketones is 1. The van der Waals surface area contributed by atoms with Crippen molar-refractivity contribution in [3.05, 3.63) is 70.5 Å². The number of para-hydroxylation sites is 1. The average molecular weight is 450 g/mol. The van der Waals surface area contributed by atoms with Gasteiger partial charge in [0, 0.05) is 12.1 Å². The van der Waals surface area contributed by atoms with Gasteiger partial charge in [-0.25, -0.2) is 8.78 Å². The van der Waals surface area contributed by atoms with E-state index in [1.807, 2.05) is 16.7 Å². The van der Waals surface area contributed by atoms with E-state index in [1.165, 1.54) is 17.8 Å². The molecule has 156 valence electrons. The number of ether oxygens (including phenoxy) is 1. The number of hydrogen-bond acceptors (Lipinski definition) is 5. The van der Waals surface area contributed by atoms with Gasteiger partial charge in [0.25, 0.3) is 0 Å². The smallest absolute Gasteiger partial charge is 0.192 e. The van der Waals surface area contributed by atoms with E-state index in [0.29, 0.717) is 27.8 Å². The molecule has 1 saturated carbocycles. The maximum atomic E-state index is 14.0. The van der Waals surface area contributed by atoms with E-state index in [2.05, 4.69) is 10.2 Å². The van der Waals surface area contributed by atoms with Crippen LogP contribution in [0.15, 0.2) is 47.6 Å². The van der Waals surface area contributed by atoms with Crippen LogP contribution in [0.25, 0.3) is 0 Å². The summed E-state index contributed by atoms with van der Waals surface area (Å²) in [6.07, 6.45) is 1.97. The summed E-state index contributed by atoms with van der Waals surface area (Å²) in [6, 6.07) is 10.4. The van der Waals surface area contributed by atoms with Crippen LogP contribution >= 0.6 is 23.4 Å². The maximum Gasteiger partial charge on any atom is 0.192 e. The zero-order valence-corrected chi connectivity index (χ0v) is 17.6. The lowest BCUT2D eigenvalue weighted by molar-refractivity contribution is 0.0990. The molecule has 0 radical (unpaired) electrons. The minimum absolute atomic E-state index is 0.142. The zero-order valence-electron chi connectivity index (χ0n) is 16.0. The largest absolute Gasteiger partial charge is 0.484 e. The highest BCUT2D eigenvalue weighted by Gasteiger charge is 2.31. The summed E-state index contributed by atoms with van der Waals surface area (Å²) < 4.78 is 34.9. The lowest BCUT2D eigenvalue weighted by Crippen LogP contribution is -2.16. The van der Waals surface area contributed by atoms with Gasteiger partial charge in [-0.2, -0.15) is 0 Å². The van der Waals surface area contributed by atoms with Crippen molar-refractivity contribution in [2.75, 3.05) is 0 Å². The van der Waals surface area contributed by atoms with E-state index >= 15 is 0 Å². The Kier molecular flexibility index (Phi) is 6.06. The third-order valence-corrected chi connectivity index (χ3v) is 6.06. The first kappa shape index (κ1) is 20.8. The number of nitrogens with zero attached hydrogens (tertiary/aromatic N) is 3. The Balaban J connectivity index is 1.50. The number of rotatable bonds is 8. The van der Waals surface area contributed by atoms with Crippen molar-refractivity contribution < 1.29 is 18.3 Å². The summed E-state index contributed by atoms with van der Waals surface area (Å²) in [5, 5.41) is 8.90. The highest BCUT2D eigenvalue weighted by molar-refractivity contribution is 8.00. The van der Waals surface area contributed by atoms with Gasteiger partial charge in [-0.15, -0.1) is 10.2 Å². The predicted octanol–water partition coefficient (Wildman–Crippen LogP) is 5.49. The molecule has 1 heterocycles. The van der Waals surface area contributed by atoms with Crippen molar-refractivity contribution >= 4 is 29.1 Å². The first-order chi connectivity index (χ1) is 14.4. The molecule has 1 aromatic heterocycles. The molecule has 1 atom stereocenters. The van der Waals surface area contributed by atoms with Gasteiger partial charge in [-0.05, 0) is 44.0 Å². The van der Waals surface area contributed by atoms with Crippen LogP contribution in [0.5, 0.6) is 5.75 Å². The number of benzene rings is 2. The van der Waals surface area contributed by atoms with E-state index in [0.717, 1.165) is 18.9 Å². The predicted molar refractivity (Wildman–Crippen MR) is 110 cm³/mol. The normalized spacial score (nSPS) is 14.5. The van der Waals surface area contributed by atoms with E-state index in [-0.39, 0.29) is 18.2 Å². The average Bonchev–Trinajstić information content (AvgIpc) is 3.48. The Morgan fingerprint density at radius 1 is 1.27 bits per heavy atom. The number of carbonyl (C=O) groups excluding carboxylic acids is 1. The van der Waals surface area contributed by atoms with Gasteiger partial charge in [0.15, 0.2) is 16.8 Å². The van der Waals surface area contributed by atoms with E-state index in [1.54, 1.807) is 19.1 Å². The third-order valence-electron chi connectivity index (χ3n) is 4.69. The van der Waals surface area contributed by atoms with Gasteiger partial charge in [0.1, 0.15) is 24.0 Å². The number of Topliss-reactive ketones (excluding diaryl/α,β-unsaturated/α-hetero) is 1. The lowest BCUT2D eigenvalue weighted by atomic mass is 10.1. The van der Waals surface area contributed by atoms with Crippen LogP contribution in [0.3, 0.4) is 0 Å². The summed E-state index contributed by atoms with van der Waals surface area (Å²) in [5.74, 6) is -0.843. The van der Waals surface area contributed by atoms with Gasteiger partial charge in [0.2, 0.25) is 0 Å². The van der Waals surface area contributed by atoms with E-state index in [9.17, 15) is 13.6 Å². The fourth-order valence-electron chi connectivity index (χ4n) is 3.01. The molecule has 9 heteroatoms. The van der Waals surface area contributed by atoms with Crippen LogP contribution < -0.4 is 4.74 Å². The van der Waals surface area contributed by atoms with Crippen LogP contribution in [-0.4, -0.2) is 25.8 Å². The molecule has 30 heavy (non-hydrogen) atoms. The second-order valence-corrected chi connectivity index (χ2v) is 8.68. The lowest BCUT2D eigenvalue weighted by Gasteiger charge is -2.13. The molecule has 1 aliphatic carbocycles. The summed E-state index contributed by atoms with van der Waals surface area (Å²) in [5.41, 5.74) is -0.142. The first-order valence-electron chi connectivity index (χ1n) is 9.41. The molecule has 0 spiro atoms. The van der Waals surface area contributed by atoms with Crippen molar-refractivity contribution in [3.8, 4) is 5.75 Å². The van der Waals surface area contributed by atoms with E-state index < -0.39 is 22.7 Å². The number of hydrogen-bond donors (Lipinski definition) is 0. The van der Waals surface area contributed by atoms with Crippen LogP contribution in [0.2, 0.25) is 5.02 Å². The van der Waals surface area contributed by atoms with Crippen LogP contribution in [0.1, 0.15) is 42.0 Å². The Hall–Kier alpha value is -2.45. The Morgan fingerprint density at radius 2 is 2.03 bits per heavy atom. The number of halogens is 3. The fourth-order valence-corrected chi connectivity index (χ4v) is 4.21. The SMILES string of the molecule is CC(Sc1nnc(COc2ccccc2Cl)n1C1CC1)C(=O)c1ccc(F)cc1F. The minimum atomic E-state index is -0.870. The molecule has 0 N–H and O–H groups in total. The summed E-state index contributed by atoms with van der Waals surface area (Å²) >= 11 is 7.33. The molecule has 0 amide bonds. The van der Waals surface area contributed by atoms with Crippen LogP contribution in [-0.2, 0) is 6.61 Å². The van der Waals surface area contributed by atoms with Gasteiger partial charge in [0.05, 0.1) is 15.8 Å². The number of thioether (sulfide) groups is 1. The summed E-state index contributed by atoms with van der Waals surface area (Å²) in [6.45, 7) is 1.85. The number of aromatic nitrogens is 3. The Morgan fingerprint density at radius 3 is 2.73 bits per heavy atom. The Labute approximate surface area is 181 Å². The topological polar surface area (TPSA) is 57.0 Å². The molecule has 0 bridgehead atoms. The minimum Gasteiger partial charge on any atom is -0.484 e. The molecule has 4 rings (SSSR count). The molecular formula is C21H18ClF2N3O2S. The molecule has 3 aromatic rings. The highest BCUT2D eigenvalue weighted by atomic mass is 35.5. The third kappa shape index (κ3) is 4.49. The van der Waals surface area contributed by atoms with Crippen molar-refractivity contribution in [2.24, 2.45) is 0 Å². The molecule has 1 fully saturated rings. The van der Waals surface area contributed by atoms with Crippen molar-refractivity contribution in [1.29, 1.82) is 0 Å². The number of carbonyl (C=O) groups is 1. The molecule has 1 aliphatic rings. The van der Waals surface area contributed by atoms with Gasteiger partial charge < -0.3 is 4.74 Å². The van der Waals surface area contributed by atoms with Crippen LogP contribution in [0.4, 0.5) is 8.78 Å². The standard InChI is InChI=1S/C21H18ClF2N3O2S/c1-12(20(28)15-9-6-13(23)10-17(15)24)30-21-26-25-19(27(21)14-7-8-14)11-29-18-5-3-2-4-16(18)22/h2-6,9-10,12,14H,7-8,11H2,1H3. The zero-order chi connectivity index (χ0) is 21.3. The van der Waals surface area contributed by atoms with E-state index in [4.69, 9.17) is 16.3 Å². The molecule has 0 aliphatic heterocycles. The molecule has 1 unspecified atom stereocenters. The maximum absolute atomic E-state index is 14.0. The van der Waals surface area contributed by atoms with Gasteiger partial charge in [-0.3, -0.25) is 9.36 Å². The van der Waals surface area contributed by atoms with Crippen molar-refractivity contribution in [2.45, 2.75) is 42.8 Å². The van der Waals surface area contributed by atoms with Crippen molar-refractivity contribution in [1.82, 2.24) is 14.8 Å². The summed E-state index contributed by atoms with van der Waals surface area (Å²) in [4.78, 5) is 12.7. The molecule has 0 saturated heterocycles. The van der Waals surface area contributed by atoms with Crippen molar-refractivity contribution in [3.63, 3.8) is 0 Å². The second-order valence-electron chi connectivity index (χ2n) is 6.97. The summed E-state index contributed by atoms with van der Waals surface area (Å²) in [7, 11) is 0. The molecule has 2 aromatic carbocycles. The fraction of sp³-hybridized carbons (Fsp3) is 0.286. The van der Waals surface area contributed by atoms with Crippen LogP contribution in [0, 0.1) is 11.6 Å². The van der Waals surface area contributed by atoms with Gasteiger partial charge in [-0.1, -0.05) is 35.5 Å². The molecular weight excluding hydrogens is 432 g/mol. The monoisotopic (exact) mass is 449 g/mol. The first-order valence-corrected chi connectivity index (χ1v) is 10.7. The molecule has 5 nitrogen and oxygen atoms in total.